The summed E-state index contributed by atoms with van der Waals surface area (Å²) in [6, 6.07) is 10.3. The third kappa shape index (κ3) is 5.78. The van der Waals surface area contributed by atoms with Gasteiger partial charge in [0.1, 0.15) is 5.82 Å². The predicted molar refractivity (Wildman–Crippen MR) is 92.0 cm³/mol. The number of nitrogens with two attached hydrogens (primary N) is 2. The molecule has 7 nitrogen and oxygen atoms in total. The van der Waals surface area contributed by atoms with Crippen molar-refractivity contribution in [1.82, 2.24) is 14.8 Å². The Morgan fingerprint density at radius 2 is 2.04 bits per heavy atom. The second-order valence-corrected chi connectivity index (χ2v) is 5.76. The van der Waals surface area contributed by atoms with Gasteiger partial charge in [0.05, 0.1) is 25.0 Å². The number of benzene rings is 1. The van der Waals surface area contributed by atoms with Crippen molar-refractivity contribution >= 4 is 17.8 Å². The van der Waals surface area contributed by atoms with Gasteiger partial charge in [-0.15, -0.1) is 5.10 Å². The third-order valence-corrected chi connectivity index (χ3v) is 3.76. The number of aliphatic hydroxyl groups is 1. The quantitative estimate of drug-likeness (QED) is 0.139. The number of nitrogens with one attached hydrogen (secondary N) is 1. The van der Waals surface area contributed by atoms with Gasteiger partial charge in [0, 0.05) is 17.0 Å². The SMILES string of the molecule is N/C(=N\N(N)Cc1ccc(F)cn1)c1ccc(SNCCO)cc1. The topological polar surface area (TPSA) is 113 Å². The van der Waals surface area contributed by atoms with Gasteiger partial charge in [-0.1, -0.05) is 12.1 Å². The Hall–Kier alpha value is -2.20. The first-order chi connectivity index (χ1) is 11.6. The number of hydrogen-bond donors (Lipinski definition) is 4. The molecule has 2 aromatic rings. The summed E-state index contributed by atoms with van der Waals surface area (Å²) in [6.45, 7) is 0.801. The van der Waals surface area contributed by atoms with Crippen LogP contribution in [0.25, 0.3) is 0 Å². The van der Waals surface area contributed by atoms with E-state index in [4.69, 9.17) is 16.7 Å². The molecule has 0 atom stereocenters. The maximum absolute atomic E-state index is 12.8. The summed E-state index contributed by atoms with van der Waals surface area (Å²) in [4.78, 5) is 4.90. The summed E-state index contributed by atoms with van der Waals surface area (Å²) in [7, 11) is 0. The third-order valence-electron chi connectivity index (χ3n) is 2.90. The molecule has 0 saturated carbocycles. The fourth-order valence-corrected chi connectivity index (χ4v) is 2.40. The molecule has 1 aromatic heterocycles. The van der Waals surface area contributed by atoms with Crippen molar-refractivity contribution in [3.8, 4) is 0 Å². The van der Waals surface area contributed by atoms with E-state index in [0.717, 1.165) is 21.8 Å². The molecule has 0 aliphatic carbocycles. The molecule has 0 unspecified atom stereocenters. The number of hydrogen-bond acceptors (Lipinski definition) is 7. The van der Waals surface area contributed by atoms with E-state index in [0.29, 0.717) is 12.2 Å². The van der Waals surface area contributed by atoms with Gasteiger partial charge in [0.2, 0.25) is 0 Å². The van der Waals surface area contributed by atoms with Crippen molar-refractivity contribution in [1.29, 1.82) is 0 Å². The van der Waals surface area contributed by atoms with E-state index < -0.39 is 5.82 Å². The maximum Gasteiger partial charge on any atom is 0.152 e. The highest BCUT2D eigenvalue weighted by Gasteiger charge is 2.04. The largest absolute Gasteiger partial charge is 0.395 e. The fraction of sp³-hybridized carbons (Fsp3) is 0.200. The molecule has 0 radical (unpaired) electrons. The molecule has 0 amide bonds. The van der Waals surface area contributed by atoms with Crippen LogP contribution in [0.1, 0.15) is 11.3 Å². The lowest BCUT2D eigenvalue weighted by Gasteiger charge is -2.13. The second kappa shape index (κ2) is 9.18. The Kier molecular flexibility index (Phi) is 6.94. The number of pyridine rings is 1. The fourth-order valence-electron chi connectivity index (χ4n) is 1.77. The van der Waals surface area contributed by atoms with Crippen molar-refractivity contribution in [2.45, 2.75) is 11.4 Å². The van der Waals surface area contributed by atoms with E-state index in [1.165, 1.54) is 24.1 Å². The molecule has 0 saturated heterocycles. The number of hydrazone groups is 1. The van der Waals surface area contributed by atoms with Gasteiger partial charge in [-0.25, -0.2) is 15.4 Å². The van der Waals surface area contributed by atoms with Gasteiger partial charge in [-0.3, -0.25) is 9.71 Å². The molecule has 0 spiro atoms. The van der Waals surface area contributed by atoms with E-state index in [1.807, 2.05) is 24.3 Å². The molecular formula is C15H19FN6OS. The van der Waals surface area contributed by atoms with E-state index >= 15 is 0 Å². The first-order valence-corrected chi connectivity index (χ1v) is 7.98. The Bertz CT molecular complexity index is 665. The average molecular weight is 350 g/mol. The minimum Gasteiger partial charge on any atom is -0.395 e. The van der Waals surface area contributed by atoms with Crippen molar-refractivity contribution < 1.29 is 9.50 Å². The van der Waals surface area contributed by atoms with Crippen LogP contribution in [0.2, 0.25) is 0 Å². The smallest absolute Gasteiger partial charge is 0.152 e. The zero-order valence-electron chi connectivity index (χ0n) is 12.9. The highest BCUT2D eigenvalue weighted by Crippen LogP contribution is 2.15. The standard InChI is InChI=1S/C15H19FN6OS/c16-12-3-4-13(19-9-12)10-22(18)21-15(17)11-1-5-14(6-2-11)24-20-7-8-23/h1-6,9,20,23H,7-8,10,18H2,(H2,17,21). The summed E-state index contributed by atoms with van der Waals surface area (Å²) >= 11 is 1.42. The van der Waals surface area contributed by atoms with Crippen LogP contribution in [0.15, 0.2) is 52.6 Å². The van der Waals surface area contributed by atoms with Crippen molar-refractivity contribution in [2.24, 2.45) is 16.7 Å². The predicted octanol–water partition coefficient (Wildman–Crippen LogP) is 0.806. The lowest BCUT2D eigenvalue weighted by molar-refractivity contribution is 0.286. The van der Waals surface area contributed by atoms with E-state index in [9.17, 15) is 4.39 Å². The molecular weight excluding hydrogens is 331 g/mol. The van der Waals surface area contributed by atoms with Crippen molar-refractivity contribution in [2.75, 3.05) is 13.2 Å². The minimum atomic E-state index is -0.406. The molecule has 1 aromatic carbocycles. The van der Waals surface area contributed by atoms with Gasteiger partial charge in [0.25, 0.3) is 0 Å². The van der Waals surface area contributed by atoms with Gasteiger partial charge >= 0.3 is 0 Å². The van der Waals surface area contributed by atoms with Gasteiger partial charge in [-0.2, -0.15) is 0 Å². The highest BCUT2D eigenvalue weighted by molar-refractivity contribution is 7.97. The lowest BCUT2D eigenvalue weighted by atomic mass is 10.2. The highest BCUT2D eigenvalue weighted by atomic mass is 32.2. The molecule has 0 aliphatic heterocycles. The van der Waals surface area contributed by atoms with Crippen LogP contribution < -0.4 is 16.3 Å². The van der Waals surface area contributed by atoms with Crippen LogP contribution >= 0.6 is 11.9 Å². The zero-order chi connectivity index (χ0) is 17.4. The molecule has 24 heavy (non-hydrogen) atoms. The van der Waals surface area contributed by atoms with Gasteiger partial charge < -0.3 is 10.8 Å². The Balaban J connectivity index is 1.94. The van der Waals surface area contributed by atoms with Crippen LogP contribution in [0.4, 0.5) is 4.39 Å². The summed E-state index contributed by atoms with van der Waals surface area (Å²) in [5, 5.41) is 14.0. The van der Waals surface area contributed by atoms with E-state index in [-0.39, 0.29) is 19.0 Å². The Morgan fingerprint density at radius 1 is 1.29 bits per heavy atom. The van der Waals surface area contributed by atoms with Gasteiger partial charge in [-0.05, 0) is 36.2 Å². The number of aromatic nitrogens is 1. The molecule has 0 aliphatic rings. The number of nitrogens with zero attached hydrogens (tertiary/aromatic N) is 3. The number of rotatable bonds is 8. The molecule has 128 valence electrons. The van der Waals surface area contributed by atoms with E-state index in [1.54, 1.807) is 0 Å². The number of amidine groups is 1. The molecule has 1 heterocycles. The first-order valence-electron chi connectivity index (χ1n) is 7.16. The van der Waals surface area contributed by atoms with Crippen LogP contribution in [0.3, 0.4) is 0 Å². The number of halogens is 1. The molecule has 2 rings (SSSR count). The monoisotopic (exact) mass is 350 g/mol. The number of hydrazine groups is 1. The second-order valence-electron chi connectivity index (χ2n) is 4.79. The molecule has 0 fully saturated rings. The van der Waals surface area contributed by atoms with Gasteiger partial charge in [0.15, 0.2) is 5.84 Å². The Labute approximate surface area is 143 Å². The summed E-state index contributed by atoms with van der Waals surface area (Å²) < 4.78 is 15.8. The maximum atomic E-state index is 12.8. The lowest BCUT2D eigenvalue weighted by Crippen LogP contribution is -2.29. The molecule has 0 bridgehead atoms. The van der Waals surface area contributed by atoms with E-state index in [2.05, 4.69) is 14.8 Å². The zero-order valence-corrected chi connectivity index (χ0v) is 13.7. The normalized spacial score (nSPS) is 11.5. The van der Waals surface area contributed by atoms with Crippen LogP contribution in [-0.4, -0.2) is 34.2 Å². The van der Waals surface area contributed by atoms with Crippen molar-refractivity contribution in [3.05, 3.63) is 59.7 Å². The molecule has 9 heteroatoms. The van der Waals surface area contributed by atoms with Crippen LogP contribution in [0.5, 0.6) is 0 Å². The van der Waals surface area contributed by atoms with Crippen LogP contribution in [0, 0.1) is 5.82 Å². The summed E-state index contributed by atoms with van der Waals surface area (Å²) in [6.07, 6.45) is 1.12. The molecule has 6 N–H and O–H groups in total. The number of aliphatic hydroxyl groups excluding tert-OH is 1. The Morgan fingerprint density at radius 3 is 2.67 bits per heavy atom. The summed E-state index contributed by atoms with van der Waals surface area (Å²) in [5.41, 5.74) is 7.24. The van der Waals surface area contributed by atoms with Crippen molar-refractivity contribution in [3.63, 3.8) is 0 Å². The minimum absolute atomic E-state index is 0.0833. The first kappa shape index (κ1) is 18.1. The van der Waals surface area contributed by atoms with Crippen LogP contribution in [-0.2, 0) is 6.54 Å². The summed E-state index contributed by atoms with van der Waals surface area (Å²) in [5.74, 6) is 5.64. The average Bonchev–Trinajstić information content (AvgIpc) is 2.58.